The van der Waals surface area contributed by atoms with Crippen LogP contribution in [0.4, 0.5) is 5.69 Å². The van der Waals surface area contributed by atoms with Gasteiger partial charge in [-0.3, -0.25) is 0 Å². The van der Waals surface area contributed by atoms with Crippen LogP contribution in [0.1, 0.15) is 31.2 Å². The molecule has 2 aromatic heterocycles. The van der Waals surface area contributed by atoms with Gasteiger partial charge in [0.25, 0.3) is 0 Å². The molecule has 2 heterocycles. The standard InChI is InChI=1S/C22H21ClN2OS2/c1-22(2,3)15-10-12-25(13-11-15)19(20(26)18-5-4-14-28-18)21(27)24-17-8-6-16(23)7-9-17/h4-14H,1-3H3,(H-,24,26,27). The van der Waals surface area contributed by atoms with Gasteiger partial charge in [-0.2, -0.15) is 4.57 Å². The minimum atomic E-state index is -0.116. The van der Waals surface area contributed by atoms with Crippen molar-refractivity contribution in [3.05, 3.63) is 81.8 Å². The SMILES string of the molecule is CC(C)(C)c1cc[n+](/C(C(=S)Nc2ccc(Cl)cc2)=C(/[O-])c2cccs2)cc1. The van der Waals surface area contributed by atoms with E-state index >= 15 is 0 Å². The largest absolute Gasteiger partial charge is 0.867 e. The highest BCUT2D eigenvalue weighted by molar-refractivity contribution is 7.81. The average Bonchev–Trinajstić information content (AvgIpc) is 3.18. The van der Waals surface area contributed by atoms with Crippen LogP contribution in [-0.2, 0) is 5.41 Å². The van der Waals surface area contributed by atoms with E-state index in [0.29, 0.717) is 20.6 Å². The fourth-order valence-electron chi connectivity index (χ4n) is 2.66. The first-order valence-corrected chi connectivity index (χ1v) is 10.5. The van der Waals surface area contributed by atoms with E-state index in [0.717, 1.165) is 5.69 Å². The van der Waals surface area contributed by atoms with E-state index in [4.69, 9.17) is 23.8 Å². The van der Waals surface area contributed by atoms with Gasteiger partial charge in [0.15, 0.2) is 17.4 Å². The lowest BCUT2D eigenvalue weighted by atomic mass is 9.88. The van der Waals surface area contributed by atoms with Crippen molar-refractivity contribution in [2.45, 2.75) is 26.2 Å². The van der Waals surface area contributed by atoms with Gasteiger partial charge in [-0.15, -0.1) is 11.3 Å². The second-order valence-electron chi connectivity index (χ2n) is 7.36. The number of hydrogen-bond donors (Lipinski definition) is 1. The van der Waals surface area contributed by atoms with Gasteiger partial charge in [0.2, 0.25) is 5.70 Å². The fraction of sp³-hybridized carbons (Fsp3) is 0.182. The normalized spacial score (nSPS) is 12.4. The Morgan fingerprint density at radius 3 is 2.25 bits per heavy atom. The highest BCUT2D eigenvalue weighted by atomic mass is 35.5. The Bertz CT molecular complexity index is 987. The third-order valence-electron chi connectivity index (χ3n) is 4.23. The van der Waals surface area contributed by atoms with Crippen molar-refractivity contribution in [2.24, 2.45) is 0 Å². The number of thiocarbonyl (C=S) groups is 1. The van der Waals surface area contributed by atoms with Crippen LogP contribution in [0.2, 0.25) is 5.02 Å². The predicted octanol–water partition coefficient (Wildman–Crippen LogP) is 5.11. The molecule has 0 saturated carbocycles. The molecule has 0 fully saturated rings. The quantitative estimate of drug-likeness (QED) is 0.271. The van der Waals surface area contributed by atoms with Gasteiger partial charge in [-0.25, -0.2) is 0 Å². The van der Waals surface area contributed by atoms with Gasteiger partial charge in [-0.05, 0) is 52.4 Å². The summed E-state index contributed by atoms with van der Waals surface area (Å²) in [4.78, 5) is 0.997. The summed E-state index contributed by atoms with van der Waals surface area (Å²) >= 11 is 13.0. The summed E-state index contributed by atoms with van der Waals surface area (Å²) in [6, 6.07) is 14.9. The van der Waals surface area contributed by atoms with Crippen molar-refractivity contribution in [3.8, 4) is 0 Å². The summed E-state index contributed by atoms with van der Waals surface area (Å²) in [5, 5.41) is 18.9. The van der Waals surface area contributed by atoms with E-state index in [9.17, 15) is 5.11 Å². The van der Waals surface area contributed by atoms with Crippen molar-refractivity contribution in [1.82, 2.24) is 0 Å². The molecule has 1 N–H and O–H groups in total. The van der Waals surface area contributed by atoms with E-state index in [1.54, 1.807) is 16.7 Å². The molecule has 0 aliphatic carbocycles. The Morgan fingerprint density at radius 2 is 1.71 bits per heavy atom. The first-order valence-electron chi connectivity index (χ1n) is 8.80. The molecule has 6 heteroatoms. The van der Waals surface area contributed by atoms with Gasteiger partial charge in [0.1, 0.15) is 0 Å². The van der Waals surface area contributed by atoms with E-state index < -0.39 is 0 Å². The van der Waals surface area contributed by atoms with Crippen molar-refractivity contribution in [1.29, 1.82) is 0 Å². The number of anilines is 1. The van der Waals surface area contributed by atoms with Gasteiger partial charge in [0.05, 0.1) is 0 Å². The van der Waals surface area contributed by atoms with Crippen LogP contribution in [-0.4, -0.2) is 4.99 Å². The van der Waals surface area contributed by atoms with Crippen LogP contribution in [0.3, 0.4) is 0 Å². The van der Waals surface area contributed by atoms with Gasteiger partial charge >= 0.3 is 0 Å². The molecule has 0 atom stereocenters. The number of aromatic nitrogens is 1. The molecular weight excluding hydrogens is 408 g/mol. The van der Waals surface area contributed by atoms with Crippen LogP contribution in [0.5, 0.6) is 0 Å². The van der Waals surface area contributed by atoms with E-state index in [-0.39, 0.29) is 11.2 Å². The lowest BCUT2D eigenvalue weighted by Gasteiger charge is -2.19. The summed E-state index contributed by atoms with van der Waals surface area (Å²) < 4.78 is 1.78. The van der Waals surface area contributed by atoms with E-state index in [1.807, 2.05) is 54.2 Å². The van der Waals surface area contributed by atoms with E-state index in [2.05, 4.69) is 26.1 Å². The van der Waals surface area contributed by atoms with Crippen LogP contribution in [0.25, 0.3) is 11.5 Å². The Balaban J connectivity index is 2.02. The number of nitrogens with zero attached hydrogens (tertiary/aromatic N) is 1. The third-order valence-corrected chi connectivity index (χ3v) is 5.65. The number of thiophene rings is 1. The van der Waals surface area contributed by atoms with Crippen LogP contribution in [0, 0.1) is 0 Å². The zero-order chi connectivity index (χ0) is 20.3. The van der Waals surface area contributed by atoms with Crippen molar-refractivity contribution in [2.75, 3.05) is 5.32 Å². The number of hydrogen-bond acceptors (Lipinski definition) is 3. The lowest BCUT2D eigenvalue weighted by Crippen LogP contribution is -2.40. The number of halogens is 1. The molecule has 0 unspecified atom stereocenters. The Labute approximate surface area is 179 Å². The van der Waals surface area contributed by atoms with Crippen molar-refractivity contribution in [3.63, 3.8) is 0 Å². The molecule has 0 amide bonds. The Hall–Kier alpha value is -2.21. The van der Waals surface area contributed by atoms with Crippen molar-refractivity contribution < 1.29 is 9.67 Å². The first kappa shape index (κ1) is 20.5. The third kappa shape index (κ3) is 4.79. The average molecular weight is 429 g/mol. The van der Waals surface area contributed by atoms with Crippen LogP contribution < -0.4 is 15.0 Å². The summed E-state index contributed by atoms with van der Waals surface area (Å²) in [7, 11) is 0. The maximum Gasteiger partial charge on any atom is 0.239 e. The molecule has 0 saturated heterocycles. The van der Waals surface area contributed by atoms with E-state index in [1.165, 1.54) is 16.9 Å². The first-order chi connectivity index (χ1) is 13.3. The summed E-state index contributed by atoms with van der Waals surface area (Å²) in [6.45, 7) is 6.46. The van der Waals surface area contributed by atoms with Gasteiger partial charge in [-0.1, -0.05) is 50.7 Å². The Morgan fingerprint density at radius 1 is 1.07 bits per heavy atom. The monoisotopic (exact) mass is 428 g/mol. The van der Waals surface area contributed by atoms with Crippen molar-refractivity contribution >= 4 is 57.3 Å². The minimum absolute atomic E-state index is 0.0269. The Kier molecular flexibility index (Phi) is 6.18. The number of pyridine rings is 1. The number of nitrogens with one attached hydrogen (secondary N) is 1. The summed E-state index contributed by atoms with van der Waals surface area (Å²) in [6.07, 6.45) is 3.77. The second-order valence-corrected chi connectivity index (χ2v) is 9.15. The highest BCUT2D eigenvalue weighted by Gasteiger charge is 2.21. The molecule has 0 bridgehead atoms. The molecule has 144 valence electrons. The predicted molar refractivity (Wildman–Crippen MR) is 120 cm³/mol. The second kappa shape index (κ2) is 8.43. The number of rotatable bonds is 4. The molecule has 0 aliphatic heterocycles. The molecule has 3 aromatic rings. The highest BCUT2D eigenvalue weighted by Crippen LogP contribution is 2.23. The zero-order valence-electron chi connectivity index (χ0n) is 15.9. The molecule has 3 rings (SSSR count). The molecular formula is C22H21ClN2OS2. The maximum absolute atomic E-state index is 13.2. The topological polar surface area (TPSA) is 39.0 Å². The lowest BCUT2D eigenvalue weighted by molar-refractivity contribution is -0.577. The van der Waals surface area contributed by atoms with Crippen LogP contribution in [0.15, 0.2) is 66.3 Å². The van der Waals surface area contributed by atoms with Gasteiger partial charge < -0.3 is 10.4 Å². The summed E-state index contributed by atoms with van der Waals surface area (Å²) in [5.41, 5.74) is 2.40. The zero-order valence-corrected chi connectivity index (χ0v) is 18.3. The molecule has 0 aliphatic rings. The molecule has 28 heavy (non-hydrogen) atoms. The molecule has 0 radical (unpaired) electrons. The fourth-order valence-corrected chi connectivity index (χ4v) is 3.77. The summed E-state index contributed by atoms with van der Waals surface area (Å²) in [5.74, 6) is -0.116. The smallest absolute Gasteiger partial charge is 0.239 e. The number of benzene rings is 1. The molecule has 1 aromatic carbocycles. The maximum atomic E-state index is 13.2. The minimum Gasteiger partial charge on any atom is -0.867 e. The molecule has 0 spiro atoms. The van der Waals surface area contributed by atoms with Gasteiger partial charge in [0, 0.05) is 27.7 Å². The van der Waals surface area contributed by atoms with Crippen LogP contribution >= 0.6 is 35.2 Å². The molecule has 3 nitrogen and oxygen atoms in total.